The van der Waals surface area contributed by atoms with E-state index >= 15 is 0 Å². The molecule has 0 amide bonds. The summed E-state index contributed by atoms with van der Waals surface area (Å²) in [5.41, 5.74) is 0. The smallest absolute Gasteiger partial charge is 0.159 e. The first-order chi connectivity index (χ1) is 3.00. The number of rotatable bonds is 0. The van der Waals surface area contributed by atoms with Gasteiger partial charge < -0.3 is 19.2 Å². The number of phosphoric acid groups is 1. The molecule has 0 aliphatic heterocycles. The van der Waals surface area contributed by atoms with E-state index < -0.39 is 7.82 Å². The van der Waals surface area contributed by atoms with Crippen LogP contribution in [0.2, 0.25) is 6.55 Å². The van der Waals surface area contributed by atoms with Gasteiger partial charge in [0, 0.05) is 0 Å². The van der Waals surface area contributed by atoms with Gasteiger partial charge >= 0.3 is 16.8 Å². The molecule has 0 heterocycles. The van der Waals surface area contributed by atoms with Gasteiger partial charge in [0.05, 0.1) is 0 Å². The summed E-state index contributed by atoms with van der Waals surface area (Å²) < 4.78 is 8.55. The van der Waals surface area contributed by atoms with Gasteiger partial charge in [0.15, 0.2) is 0 Å². The Labute approximate surface area is 44.8 Å². The summed E-state index contributed by atoms with van der Waals surface area (Å²) in [7, 11) is -2.42. The van der Waals surface area contributed by atoms with Gasteiger partial charge in [-0.2, -0.15) is 7.82 Å². The Kier molecular flexibility index (Phi) is 6.62. The van der Waals surface area contributed by atoms with Crippen LogP contribution in [0.4, 0.5) is 0 Å². The molecule has 0 spiro atoms. The molecule has 6 heteroatoms. The molecule has 0 aromatic carbocycles. The minimum absolute atomic E-state index is 1.81. The molecule has 0 saturated heterocycles. The Morgan fingerprint density at radius 2 is 1.29 bits per heavy atom. The molecule has 0 aromatic heterocycles. The molecule has 0 N–H and O–H groups in total. The van der Waals surface area contributed by atoms with Crippen LogP contribution in [0.1, 0.15) is 0 Å². The van der Waals surface area contributed by atoms with E-state index in [1.165, 1.54) is 0 Å². The molecule has 0 radical (unpaired) electrons. The molecular formula is CH3O4PSi. The zero-order chi connectivity index (χ0) is 6.50. The molecule has 40 valence electrons. The van der Waals surface area contributed by atoms with E-state index in [1.807, 2.05) is 0 Å². The zero-order valence-electron chi connectivity index (χ0n) is 3.58. The van der Waals surface area contributed by atoms with E-state index in [4.69, 9.17) is 19.2 Å². The Bertz CT molecular complexity index is 57.8. The number of hydrogen-bond acceptors (Lipinski definition) is 4. The van der Waals surface area contributed by atoms with Crippen LogP contribution in [-0.4, -0.2) is 10.2 Å². The third kappa shape index (κ3) is 1110. The summed E-state index contributed by atoms with van der Waals surface area (Å²) >= 11 is 0. The van der Waals surface area contributed by atoms with Crippen LogP contribution in [0.15, 0.2) is 0 Å². The maximum Gasteiger partial charge on any atom is -0.159 e. The number of hydrogen-bond donors (Lipinski definition) is 0. The van der Waals surface area contributed by atoms with Crippen LogP contribution in [0.3, 0.4) is 0 Å². The van der Waals surface area contributed by atoms with Crippen molar-refractivity contribution >= 4 is 18.1 Å². The summed E-state index contributed by atoms with van der Waals surface area (Å²) in [5.74, 6) is 0. The van der Waals surface area contributed by atoms with Crippen molar-refractivity contribution in [2.75, 3.05) is 0 Å². The second-order valence-electron chi connectivity index (χ2n) is 0.447. The van der Waals surface area contributed by atoms with Gasteiger partial charge in [-0.25, -0.2) is 0 Å². The molecule has 0 bridgehead atoms. The molecule has 4 nitrogen and oxygen atoms in total. The van der Waals surface area contributed by atoms with Crippen LogP contribution >= 0.6 is 7.82 Å². The van der Waals surface area contributed by atoms with Crippen LogP contribution < -0.4 is 14.7 Å². The topological polar surface area (TPSA) is 86.2 Å². The minimum Gasteiger partial charge on any atom is -0.822 e. The molecule has 0 rings (SSSR count). The maximum absolute atomic E-state index is 8.55. The third-order valence-corrected chi connectivity index (χ3v) is 0. The SMILES string of the molecule is C[Si+3].O=P([O-])([O-])[O-]. The van der Waals surface area contributed by atoms with Crippen molar-refractivity contribution in [2.24, 2.45) is 0 Å². The van der Waals surface area contributed by atoms with E-state index in [-0.39, 0.29) is 0 Å². The van der Waals surface area contributed by atoms with Gasteiger partial charge in [0.2, 0.25) is 0 Å². The van der Waals surface area contributed by atoms with Gasteiger partial charge in [-0.3, -0.25) is 0 Å². The zero-order valence-corrected chi connectivity index (χ0v) is 5.47. The standard InChI is InChI=1S/CH3Si.H3O4P/c1-2;1-5(2,3)4/h1H3;(H3,1,2,3,4)/q+3;/p-3. The second-order valence-corrected chi connectivity index (χ2v) is 1.34. The summed E-state index contributed by atoms with van der Waals surface area (Å²) in [4.78, 5) is 25.6. The molecule has 0 aliphatic carbocycles. The predicted molar refractivity (Wildman–Crippen MR) is 19.2 cm³/mol. The van der Waals surface area contributed by atoms with Crippen LogP contribution in [0, 0.1) is 0 Å². The van der Waals surface area contributed by atoms with Gasteiger partial charge in [0.1, 0.15) is 0 Å². The van der Waals surface area contributed by atoms with E-state index in [1.54, 1.807) is 6.55 Å². The fraction of sp³-hybridized carbons (Fsp3) is 1.00. The van der Waals surface area contributed by atoms with Gasteiger partial charge in [-0.1, -0.05) is 0 Å². The Balaban J connectivity index is 0. The summed E-state index contributed by atoms with van der Waals surface area (Å²) in [5, 5.41) is 0. The van der Waals surface area contributed by atoms with Gasteiger partial charge in [-0.15, -0.1) is 0 Å². The van der Waals surface area contributed by atoms with Gasteiger partial charge in [0.25, 0.3) is 0 Å². The summed E-state index contributed by atoms with van der Waals surface area (Å²) in [6.45, 7) is 1.81. The van der Waals surface area contributed by atoms with Crippen molar-refractivity contribution in [3.05, 3.63) is 0 Å². The summed E-state index contributed by atoms with van der Waals surface area (Å²) in [6, 6.07) is 0. The molecule has 7 heavy (non-hydrogen) atoms. The first-order valence-corrected chi connectivity index (χ1v) is 3.69. The van der Waals surface area contributed by atoms with Crippen molar-refractivity contribution < 1.29 is 19.2 Å². The van der Waals surface area contributed by atoms with Crippen molar-refractivity contribution in [2.45, 2.75) is 6.55 Å². The third-order valence-electron chi connectivity index (χ3n) is 0. The molecule has 0 saturated carbocycles. The quantitative estimate of drug-likeness (QED) is 0.271. The van der Waals surface area contributed by atoms with E-state index in [0.29, 0.717) is 0 Å². The average Bonchev–Trinajstić information content (AvgIpc) is 1.36. The molecular weight excluding hydrogens is 135 g/mol. The van der Waals surface area contributed by atoms with Crippen molar-refractivity contribution in [3.8, 4) is 0 Å². The van der Waals surface area contributed by atoms with Crippen LogP contribution in [0.25, 0.3) is 0 Å². The first-order valence-electron chi connectivity index (χ1n) is 1.23. The Morgan fingerprint density at radius 3 is 1.29 bits per heavy atom. The minimum atomic E-state index is -5.39. The average molecular weight is 138 g/mol. The van der Waals surface area contributed by atoms with E-state index in [9.17, 15) is 0 Å². The summed E-state index contributed by atoms with van der Waals surface area (Å²) in [6.07, 6.45) is 0. The van der Waals surface area contributed by atoms with E-state index in [2.05, 4.69) is 10.2 Å². The van der Waals surface area contributed by atoms with Crippen molar-refractivity contribution in [1.82, 2.24) is 0 Å². The van der Waals surface area contributed by atoms with Crippen LogP contribution in [0.5, 0.6) is 0 Å². The molecule has 0 atom stereocenters. The second kappa shape index (κ2) is 4.48. The molecule has 0 fully saturated rings. The molecule has 0 aliphatic rings. The molecule has 0 unspecified atom stereocenters. The van der Waals surface area contributed by atoms with Crippen LogP contribution in [-0.2, 0) is 4.57 Å². The van der Waals surface area contributed by atoms with Crippen molar-refractivity contribution in [3.63, 3.8) is 0 Å². The largest absolute Gasteiger partial charge is 0.822 e. The normalized spacial score (nSPS) is 9.43. The molecule has 0 aromatic rings. The fourth-order valence-electron chi connectivity index (χ4n) is 0. The Hall–Kier alpha value is 0.327. The van der Waals surface area contributed by atoms with Crippen molar-refractivity contribution in [1.29, 1.82) is 0 Å². The maximum atomic E-state index is 8.55. The van der Waals surface area contributed by atoms with E-state index in [0.717, 1.165) is 0 Å². The monoisotopic (exact) mass is 138 g/mol. The first kappa shape index (κ1) is 10.3. The van der Waals surface area contributed by atoms with Gasteiger partial charge in [-0.05, 0) is 0 Å². The predicted octanol–water partition coefficient (Wildman–Crippen LogP) is -2.62. The Morgan fingerprint density at radius 1 is 1.29 bits per heavy atom. The fourth-order valence-corrected chi connectivity index (χ4v) is 0.